The van der Waals surface area contributed by atoms with Gasteiger partial charge in [0.15, 0.2) is 0 Å². The summed E-state index contributed by atoms with van der Waals surface area (Å²) < 4.78 is 5.02. The van der Waals surface area contributed by atoms with Crippen molar-refractivity contribution in [1.82, 2.24) is 0 Å². The average molecular weight is 180 g/mol. The molecule has 0 radical (unpaired) electrons. The molecule has 13 heavy (non-hydrogen) atoms. The van der Waals surface area contributed by atoms with Crippen LogP contribution in [0, 0.1) is 0 Å². The van der Waals surface area contributed by atoms with Crippen molar-refractivity contribution in [3.8, 4) is 0 Å². The highest BCUT2D eigenvalue weighted by Gasteiger charge is 2.24. The fourth-order valence-electron chi connectivity index (χ4n) is 1.77. The number of rotatable bonds is 2. The van der Waals surface area contributed by atoms with E-state index in [-0.39, 0.29) is 6.61 Å². The normalized spacial score (nSPS) is 22.5. The van der Waals surface area contributed by atoms with Gasteiger partial charge in [0.2, 0.25) is 0 Å². The van der Waals surface area contributed by atoms with Gasteiger partial charge < -0.3 is 14.9 Å². The van der Waals surface area contributed by atoms with Crippen molar-refractivity contribution >= 4 is 0 Å². The van der Waals surface area contributed by atoms with Crippen LogP contribution in [-0.4, -0.2) is 22.9 Å². The summed E-state index contributed by atoms with van der Waals surface area (Å²) in [4.78, 5) is 0. The molecule has 2 aliphatic rings. The molecule has 1 aliphatic carbocycles. The topological polar surface area (TPSA) is 49.7 Å². The van der Waals surface area contributed by atoms with Gasteiger partial charge in [0.05, 0.1) is 25.2 Å². The molecule has 0 aromatic carbocycles. The van der Waals surface area contributed by atoms with Crippen LogP contribution in [0.1, 0.15) is 12.8 Å². The van der Waals surface area contributed by atoms with E-state index < -0.39 is 6.10 Å². The van der Waals surface area contributed by atoms with E-state index in [4.69, 9.17) is 9.84 Å². The predicted octanol–water partition coefficient (Wildman–Crippen LogP) is 0.858. The van der Waals surface area contributed by atoms with E-state index in [2.05, 4.69) is 0 Å². The Bertz CT molecular complexity index is 299. The van der Waals surface area contributed by atoms with Crippen molar-refractivity contribution in [1.29, 1.82) is 0 Å². The quantitative estimate of drug-likeness (QED) is 0.662. The van der Waals surface area contributed by atoms with Gasteiger partial charge in [-0.15, -0.1) is 0 Å². The Morgan fingerprint density at radius 1 is 1.46 bits per heavy atom. The lowest BCUT2D eigenvalue weighted by atomic mass is 10.0. The van der Waals surface area contributed by atoms with Gasteiger partial charge in [-0.3, -0.25) is 0 Å². The number of ether oxygens (including phenoxy) is 1. The molecule has 3 heteroatoms. The Hall–Kier alpha value is -1.06. The van der Waals surface area contributed by atoms with Gasteiger partial charge >= 0.3 is 0 Å². The van der Waals surface area contributed by atoms with E-state index in [1.54, 1.807) is 12.5 Å². The molecule has 0 fully saturated rings. The lowest BCUT2D eigenvalue weighted by Gasteiger charge is -2.11. The molecule has 0 aromatic rings. The summed E-state index contributed by atoms with van der Waals surface area (Å²) in [5.41, 5.74) is 3.08. The van der Waals surface area contributed by atoms with Crippen LogP contribution in [0.4, 0.5) is 0 Å². The van der Waals surface area contributed by atoms with Crippen LogP contribution in [0.15, 0.2) is 35.3 Å². The summed E-state index contributed by atoms with van der Waals surface area (Å²) >= 11 is 0. The molecule has 0 saturated heterocycles. The fourth-order valence-corrected chi connectivity index (χ4v) is 1.77. The highest BCUT2D eigenvalue weighted by molar-refractivity contribution is 5.49. The average Bonchev–Trinajstić information content (AvgIpc) is 2.60. The maximum Gasteiger partial charge on any atom is 0.0989 e. The molecular formula is C10H12O3. The van der Waals surface area contributed by atoms with E-state index >= 15 is 0 Å². The number of fused-ring (bicyclic) bond motifs is 1. The van der Waals surface area contributed by atoms with Crippen molar-refractivity contribution in [2.75, 3.05) is 6.61 Å². The molecule has 3 nitrogen and oxygen atoms in total. The Balaban J connectivity index is 2.31. The van der Waals surface area contributed by atoms with Crippen LogP contribution < -0.4 is 0 Å². The Kier molecular flexibility index (Phi) is 2.20. The first kappa shape index (κ1) is 8.53. The summed E-state index contributed by atoms with van der Waals surface area (Å²) in [6.07, 6.45) is 6.13. The molecule has 0 amide bonds. The molecule has 0 saturated carbocycles. The van der Waals surface area contributed by atoms with Gasteiger partial charge in [0, 0.05) is 0 Å². The predicted molar refractivity (Wildman–Crippen MR) is 47.7 cm³/mol. The third-order valence-electron chi connectivity index (χ3n) is 2.45. The number of aliphatic hydroxyl groups excluding tert-OH is 2. The Morgan fingerprint density at radius 2 is 2.31 bits per heavy atom. The third kappa shape index (κ3) is 1.41. The second-order valence-corrected chi connectivity index (χ2v) is 3.22. The third-order valence-corrected chi connectivity index (χ3v) is 2.45. The number of allylic oxidation sites excluding steroid dienone is 3. The largest absolute Gasteiger partial charge is 0.472 e. The molecular weight excluding hydrogens is 168 g/mol. The molecule has 1 heterocycles. The van der Waals surface area contributed by atoms with Gasteiger partial charge in [-0.1, -0.05) is 0 Å². The van der Waals surface area contributed by atoms with Gasteiger partial charge in [0.25, 0.3) is 0 Å². The van der Waals surface area contributed by atoms with Crippen molar-refractivity contribution in [2.45, 2.75) is 18.9 Å². The molecule has 2 N–H and O–H groups in total. The second kappa shape index (κ2) is 3.36. The number of hydrogen-bond acceptors (Lipinski definition) is 3. The zero-order valence-electron chi connectivity index (χ0n) is 7.23. The lowest BCUT2D eigenvalue weighted by molar-refractivity contribution is 0.120. The lowest BCUT2D eigenvalue weighted by Crippen LogP contribution is -2.14. The zero-order valence-corrected chi connectivity index (χ0v) is 7.23. The van der Waals surface area contributed by atoms with Crippen LogP contribution >= 0.6 is 0 Å². The highest BCUT2D eigenvalue weighted by Crippen LogP contribution is 2.35. The van der Waals surface area contributed by atoms with Crippen molar-refractivity contribution < 1.29 is 14.9 Å². The number of aliphatic hydroxyl groups is 2. The maximum atomic E-state index is 9.49. The Morgan fingerprint density at radius 3 is 3.08 bits per heavy atom. The highest BCUT2D eigenvalue weighted by atomic mass is 16.5. The van der Waals surface area contributed by atoms with Crippen molar-refractivity contribution in [3.63, 3.8) is 0 Å². The monoisotopic (exact) mass is 180 g/mol. The first-order valence-electron chi connectivity index (χ1n) is 4.36. The standard InChI is InChI=1S/C10H12O3/c11-5-10(12)9-2-1-7-6-13-4-3-8(7)9/h3-4,6,10-12H,1-2,5H2. The van der Waals surface area contributed by atoms with E-state index in [0.717, 1.165) is 29.6 Å². The molecule has 1 unspecified atom stereocenters. The van der Waals surface area contributed by atoms with Gasteiger partial charge in [-0.25, -0.2) is 0 Å². The molecule has 0 bridgehead atoms. The first-order valence-corrected chi connectivity index (χ1v) is 4.36. The number of hydrogen-bond donors (Lipinski definition) is 2. The molecule has 70 valence electrons. The first-order chi connectivity index (χ1) is 6.33. The van der Waals surface area contributed by atoms with Gasteiger partial charge in [-0.05, 0) is 35.6 Å². The van der Waals surface area contributed by atoms with Crippen LogP contribution in [0.25, 0.3) is 0 Å². The van der Waals surface area contributed by atoms with Crippen LogP contribution in [-0.2, 0) is 4.74 Å². The van der Waals surface area contributed by atoms with Gasteiger partial charge in [0.1, 0.15) is 0 Å². The smallest absolute Gasteiger partial charge is 0.0989 e. The van der Waals surface area contributed by atoms with E-state index in [1.165, 1.54) is 0 Å². The zero-order chi connectivity index (χ0) is 9.26. The molecule has 1 atom stereocenters. The van der Waals surface area contributed by atoms with Crippen molar-refractivity contribution in [2.24, 2.45) is 0 Å². The molecule has 1 aliphatic heterocycles. The van der Waals surface area contributed by atoms with Crippen LogP contribution in [0.2, 0.25) is 0 Å². The maximum absolute atomic E-state index is 9.49. The fraction of sp³-hybridized carbons (Fsp3) is 0.400. The minimum absolute atomic E-state index is 0.208. The minimum Gasteiger partial charge on any atom is -0.472 e. The summed E-state index contributed by atoms with van der Waals surface area (Å²) in [6.45, 7) is -0.208. The van der Waals surface area contributed by atoms with E-state index in [0.29, 0.717) is 0 Å². The van der Waals surface area contributed by atoms with Crippen LogP contribution in [0.3, 0.4) is 0 Å². The van der Waals surface area contributed by atoms with Crippen LogP contribution in [0.5, 0.6) is 0 Å². The van der Waals surface area contributed by atoms with Crippen molar-refractivity contribution in [3.05, 3.63) is 35.3 Å². The molecule has 0 aromatic heterocycles. The summed E-state index contributed by atoms with van der Waals surface area (Å²) in [6, 6.07) is 0. The summed E-state index contributed by atoms with van der Waals surface area (Å²) in [5, 5.41) is 18.3. The second-order valence-electron chi connectivity index (χ2n) is 3.22. The minimum atomic E-state index is -0.719. The van der Waals surface area contributed by atoms with Gasteiger partial charge in [-0.2, -0.15) is 0 Å². The molecule has 2 rings (SSSR count). The summed E-state index contributed by atoms with van der Waals surface area (Å²) in [5.74, 6) is 0. The molecule has 0 spiro atoms. The van der Waals surface area contributed by atoms with E-state index in [9.17, 15) is 5.11 Å². The summed E-state index contributed by atoms with van der Waals surface area (Å²) in [7, 11) is 0. The SMILES string of the molecule is OCC(O)C1=C2C=COC=C2CC1. The Labute approximate surface area is 76.6 Å². The van der Waals surface area contributed by atoms with E-state index in [1.807, 2.05) is 6.08 Å².